The highest BCUT2D eigenvalue weighted by molar-refractivity contribution is 7.16. The second-order valence-corrected chi connectivity index (χ2v) is 13.5. The molecular weight excluding hydrogens is 696 g/mol. The predicted octanol–water partition coefficient (Wildman–Crippen LogP) is 7.22. The van der Waals surface area contributed by atoms with E-state index in [1.165, 1.54) is 23.5 Å². The minimum absolute atomic E-state index is 0.0268. The lowest BCUT2D eigenvalue weighted by Crippen LogP contribution is -2.45. The molecule has 1 amide bonds. The molecule has 9 nitrogen and oxygen atoms in total. The molecule has 2 aliphatic rings. The van der Waals surface area contributed by atoms with Crippen LogP contribution in [0.15, 0.2) is 59.6 Å². The van der Waals surface area contributed by atoms with Gasteiger partial charge < -0.3 is 10.6 Å². The van der Waals surface area contributed by atoms with Crippen molar-refractivity contribution in [3.8, 4) is 34.3 Å². The minimum Gasteiger partial charge on any atom is -0.369 e. The van der Waals surface area contributed by atoms with Gasteiger partial charge in [-0.25, -0.2) is 9.69 Å². The van der Waals surface area contributed by atoms with Crippen LogP contribution in [0.1, 0.15) is 64.2 Å². The standard InChI is InChI=1S/C34H29Cl2F3N8OS/c35-23-9-14-28(27(36)18-23)47-31(29-15-13-25(49-29)12-6-21-4-7-22(8-5-21)34(37,38)39)26(19-46(24-10-11-24)33(41)42-20-40)30(43-47)32(48)44-45-16-2-1-3-17-45/h4-5,7-9,13-15,18,24H,1-3,10-11,16-17,19H2,(H2,41,42)(H,44,48). The number of aromatic nitrogens is 2. The van der Waals surface area contributed by atoms with Gasteiger partial charge in [0.2, 0.25) is 12.2 Å². The first-order valence-corrected chi connectivity index (χ1v) is 17.0. The second kappa shape index (κ2) is 14.5. The summed E-state index contributed by atoms with van der Waals surface area (Å²) in [5.41, 5.74) is 10.7. The van der Waals surface area contributed by atoms with Crippen molar-refractivity contribution in [1.82, 2.24) is 25.1 Å². The lowest BCUT2D eigenvalue weighted by atomic mass is 10.1. The summed E-state index contributed by atoms with van der Waals surface area (Å²) in [7, 11) is 0. The van der Waals surface area contributed by atoms with E-state index in [0.29, 0.717) is 55.4 Å². The summed E-state index contributed by atoms with van der Waals surface area (Å²) >= 11 is 14.3. The van der Waals surface area contributed by atoms with Crippen molar-refractivity contribution in [3.63, 3.8) is 0 Å². The van der Waals surface area contributed by atoms with Gasteiger partial charge in [-0.1, -0.05) is 41.5 Å². The SMILES string of the molecule is N#CN=C(N)N(Cc1c(C(=O)NN2CCCCC2)nn(-c2ccc(Cl)cc2Cl)c1-c1ccc(C#Cc2ccc(C(F)(F)F)cc2)s1)C1CC1. The Morgan fingerprint density at radius 1 is 1.08 bits per heavy atom. The molecule has 1 aliphatic heterocycles. The number of amides is 1. The quantitative estimate of drug-likeness (QED) is 0.0901. The van der Waals surface area contributed by atoms with Gasteiger partial charge in [0.15, 0.2) is 5.69 Å². The molecule has 1 saturated heterocycles. The summed E-state index contributed by atoms with van der Waals surface area (Å²) in [6.45, 7) is 1.54. The number of hydrogen-bond donors (Lipinski definition) is 2. The van der Waals surface area contributed by atoms with E-state index in [-0.39, 0.29) is 24.2 Å². The first kappa shape index (κ1) is 34.3. The molecule has 2 aromatic carbocycles. The van der Waals surface area contributed by atoms with Crippen molar-refractivity contribution in [1.29, 1.82) is 5.26 Å². The Morgan fingerprint density at radius 3 is 2.47 bits per heavy atom. The molecule has 49 heavy (non-hydrogen) atoms. The fraction of sp³-hybridized carbons (Fsp3) is 0.294. The molecule has 0 radical (unpaired) electrons. The maximum absolute atomic E-state index is 14.0. The first-order valence-electron chi connectivity index (χ1n) is 15.4. The highest BCUT2D eigenvalue weighted by Crippen LogP contribution is 2.39. The smallest absolute Gasteiger partial charge is 0.369 e. The molecule has 0 bridgehead atoms. The lowest BCUT2D eigenvalue weighted by Gasteiger charge is -2.27. The number of carbonyl (C=O) groups excluding carboxylic acids is 1. The Balaban J connectivity index is 1.47. The summed E-state index contributed by atoms with van der Waals surface area (Å²) in [4.78, 5) is 20.9. The van der Waals surface area contributed by atoms with Crippen molar-refractivity contribution in [2.24, 2.45) is 10.7 Å². The van der Waals surface area contributed by atoms with Crippen LogP contribution in [0.5, 0.6) is 0 Å². The van der Waals surface area contributed by atoms with E-state index in [9.17, 15) is 23.2 Å². The van der Waals surface area contributed by atoms with Crippen molar-refractivity contribution in [2.75, 3.05) is 13.1 Å². The van der Waals surface area contributed by atoms with Crippen LogP contribution >= 0.6 is 34.5 Å². The molecule has 1 aliphatic carbocycles. The van der Waals surface area contributed by atoms with Crippen LogP contribution in [0.4, 0.5) is 13.2 Å². The summed E-state index contributed by atoms with van der Waals surface area (Å²) < 4.78 is 40.7. The lowest BCUT2D eigenvalue weighted by molar-refractivity contribution is -0.137. The number of aliphatic imine (C=N–C) groups is 1. The maximum atomic E-state index is 14.0. The number of thiophene rings is 1. The fourth-order valence-corrected chi connectivity index (χ4v) is 6.95. The van der Waals surface area contributed by atoms with E-state index < -0.39 is 17.6 Å². The molecule has 252 valence electrons. The molecule has 0 atom stereocenters. The van der Waals surface area contributed by atoms with E-state index in [2.05, 4.69) is 22.3 Å². The van der Waals surface area contributed by atoms with Gasteiger partial charge in [-0.2, -0.15) is 23.5 Å². The predicted molar refractivity (Wildman–Crippen MR) is 183 cm³/mol. The molecule has 4 aromatic rings. The number of guanidine groups is 1. The van der Waals surface area contributed by atoms with Gasteiger partial charge in [0.25, 0.3) is 5.91 Å². The van der Waals surface area contributed by atoms with E-state index >= 15 is 0 Å². The number of alkyl halides is 3. The molecule has 0 spiro atoms. The van der Waals surface area contributed by atoms with Crippen LogP contribution in [-0.4, -0.2) is 50.7 Å². The molecule has 2 fully saturated rings. The first-order chi connectivity index (χ1) is 23.5. The van der Waals surface area contributed by atoms with Crippen LogP contribution < -0.4 is 11.2 Å². The number of rotatable bonds is 7. The van der Waals surface area contributed by atoms with Crippen LogP contribution in [0.2, 0.25) is 10.0 Å². The van der Waals surface area contributed by atoms with Gasteiger partial charge >= 0.3 is 6.18 Å². The topological polar surface area (TPSA) is 116 Å². The van der Waals surface area contributed by atoms with Crippen LogP contribution in [0.3, 0.4) is 0 Å². The highest BCUT2D eigenvalue weighted by atomic mass is 35.5. The number of nitriles is 1. The Morgan fingerprint density at radius 2 is 1.82 bits per heavy atom. The molecule has 2 aromatic heterocycles. The third kappa shape index (κ3) is 8.03. The molecule has 3 N–H and O–H groups in total. The van der Waals surface area contributed by atoms with Crippen LogP contribution in [0, 0.1) is 23.3 Å². The van der Waals surface area contributed by atoms with Crippen LogP contribution in [0.25, 0.3) is 16.3 Å². The number of hydrogen-bond acceptors (Lipinski definition) is 6. The number of nitrogens with zero attached hydrogens (tertiary/aromatic N) is 6. The molecule has 3 heterocycles. The molecular formula is C34H29Cl2F3N8OS. The molecule has 15 heteroatoms. The Bertz CT molecular complexity index is 2000. The number of hydrazine groups is 1. The van der Waals surface area contributed by atoms with Crippen molar-refractivity contribution in [2.45, 2.75) is 50.9 Å². The number of nitrogens with one attached hydrogen (secondary N) is 1. The van der Waals surface area contributed by atoms with Gasteiger partial charge in [-0.05, 0) is 80.3 Å². The van der Waals surface area contributed by atoms with Gasteiger partial charge in [0, 0.05) is 35.3 Å². The largest absolute Gasteiger partial charge is 0.416 e. The average Bonchev–Trinajstić information content (AvgIpc) is 3.68. The monoisotopic (exact) mass is 724 g/mol. The van der Waals surface area contributed by atoms with E-state index in [1.54, 1.807) is 40.0 Å². The summed E-state index contributed by atoms with van der Waals surface area (Å²) in [5, 5.41) is 16.7. The van der Waals surface area contributed by atoms with Gasteiger partial charge in [0.05, 0.1) is 38.3 Å². The number of nitrogens with two attached hydrogens (primary N) is 1. The Labute approximate surface area is 294 Å². The summed E-state index contributed by atoms with van der Waals surface area (Å²) in [6, 6.07) is 13.3. The van der Waals surface area contributed by atoms with E-state index in [4.69, 9.17) is 34.0 Å². The normalized spacial score (nSPS) is 15.3. The van der Waals surface area contributed by atoms with Gasteiger partial charge in [-0.15, -0.1) is 16.3 Å². The minimum atomic E-state index is -4.44. The molecule has 1 saturated carbocycles. The Kier molecular flexibility index (Phi) is 10.2. The number of halogens is 5. The third-order valence-electron chi connectivity index (χ3n) is 8.11. The second-order valence-electron chi connectivity index (χ2n) is 11.6. The van der Waals surface area contributed by atoms with Gasteiger partial charge in [-0.3, -0.25) is 10.2 Å². The highest BCUT2D eigenvalue weighted by Gasteiger charge is 2.35. The van der Waals surface area contributed by atoms with Crippen molar-refractivity contribution >= 4 is 46.4 Å². The van der Waals surface area contributed by atoms with Gasteiger partial charge in [0.1, 0.15) is 0 Å². The Hall–Kier alpha value is -4.53. The fourth-order valence-electron chi connectivity index (χ4n) is 5.54. The molecule has 0 unspecified atom stereocenters. The van der Waals surface area contributed by atoms with Crippen LogP contribution in [-0.2, 0) is 12.7 Å². The van der Waals surface area contributed by atoms with Crippen molar-refractivity contribution in [3.05, 3.63) is 91.9 Å². The van der Waals surface area contributed by atoms with Crippen molar-refractivity contribution < 1.29 is 18.0 Å². The summed E-state index contributed by atoms with van der Waals surface area (Å²) in [6.07, 6.45) is 1.99. The zero-order valence-electron chi connectivity index (χ0n) is 25.9. The zero-order chi connectivity index (χ0) is 34.7. The number of carbonyl (C=O) groups is 1. The number of benzene rings is 2. The van der Waals surface area contributed by atoms with E-state index in [0.717, 1.165) is 44.2 Å². The summed E-state index contributed by atoms with van der Waals surface area (Å²) in [5.74, 6) is 5.59. The number of piperidine rings is 1. The average molecular weight is 726 g/mol. The maximum Gasteiger partial charge on any atom is 0.416 e. The third-order valence-corrected chi connectivity index (χ3v) is 9.65. The zero-order valence-corrected chi connectivity index (χ0v) is 28.2. The van der Waals surface area contributed by atoms with E-state index in [1.807, 2.05) is 11.1 Å². The molecule has 6 rings (SSSR count).